The fourth-order valence-electron chi connectivity index (χ4n) is 0.544. The lowest BCUT2D eigenvalue weighted by molar-refractivity contribution is 0.334. The highest BCUT2D eigenvalue weighted by Gasteiger charge is 1.91. The van der Waals surface area contributed by atoms with E-state index < -0.39 is 0 Å². The minimum absolute atomic E-state index is 0.513. The third-order valence-electron chi connectivity index (χ3n) is 1.11. The van der Waals surface area contributed by atoms with Gasteiger partial charge in [-0.15, -0.1) is 0 Å². The van der Waals surface area contributed by atoms with Crippen LogP contribution in [-0.2, 0) is 4.74 Å². The Kier molecular flexibility index (Phi) is 7.20. The van der Waals surface area contributed by atoms with Crippen molar-refractivity contribution in [2.45, 2.75) is 6.92 Å². The van der Waals surface area contributed by atoms with E-state index in [0.29, 0.717) is 18.2 Å². The smallest absolute Gasteiger partial charge is 0.212 e. The second-order valence-electron chi connectivity index (χ2n) is 2.39. The summed E-state index contributed by atoms with van der Waals surface area (Å²) < 4.78 is 5.29. The van der Waals surface area contributed by atoms with Gasteiger partial charge < -0.3 is 10.5 Å². The SMILES string of the molecule is C=CC(=N/C=C(/C)N)OCCSC. The second kappa shape index (κ2) is 7.73. The van der Waals surface area contributed by atoms with Gasteiger partial charge in [0.2, 0.25) is 5.90 Å². The quantitative estimate of drug-likeness (QED) is 0.418. The number of allylic oxidation sites excluding steroid dienone is 1. The molecule has 0 aromatic carbocycles. The summed E-state index contributed by atoms with van der Waals surface area (Å²) in [4.78, 5) is 3.99. The minimum atomic E-state index is 0.513. The summed E-state index contributed by atoms with van der Waals surface area (Å²) >= 11 is 1.72. The van der Waals surface area contributed by atoms with Crippen LogP contribution < -0.4 is 5.73 Å². The van der Waals surface area contributed by atoms with Gasteiger partial charge in [0.15, 0.2) is 0 Å². The number of nitrogens with zero attached hydrogens (tertiary/aromatic N) is 1. The Balaban J connectivity index is 3.95. The van der Waals surface area contributed by atoms with Gasteiger partial charge in [0.1, 0.15) is 0 Å². The van der Waals surface area contributed by atoms with E-state index in [1.54, 1.807) is 31.0 Å². The Morgan fingerprint density at radius 3 is 2.85 bits per heavy atom. The van der Waals surface area contributed by atoms with Crippen LogP contribution in [0.5, 0.6) is 0 Å². The van der Waals surface area contributed by atoms with E-state index in [1.165, 1.54) is 0 Å². The average Bonchev–Trinajstić information content (AvgIpc) is 2.10. The van der Waals surface area contributed by atoms with Crippen LogP contribution in [0.15, 0.2) is 29.5 Å². The van der Waals surface area contributed by atoms with Crippen LogP contribution in [0.1, 0.15) is 6.92 Å². The molecule has 0 saturated carbocycles. The van der Waals surface area contributed by atoms with Gasteiger partial charge in [-0.05, 0) is 19.3 Å². The third-order valence-corrected chi connectivity index (χ3v) is 1.68. The van der Waals surface area contributed by atoms with Gasteiger partial charge in [-0.25, -0.2) is 4.99 Å². The lowest BCUT2D eigenvalue weighted by Gasteiger charge is -2.02. The van der Waals surface area contributed by atoms with E-state index in [9.17, 15) is 0 Å². The third kappa shape index (κ3) is 7.46. The fourth-order valence-corrected chi connectivity index (χ4v) is 0.794. The predicted octanol–water partition coefficient (Wildman–Crippen LogP) is 1.77. The summed E-state index contributed by atoms with van der Waals surface area (Å²) in [5, 5.41) is 0. The molecule has 0 amide bonds. The first-order valence-electron chi connectivity index (χ1n) is 3.95. The Hall–Kier alpha value is -0.900. The first kappa shape index (κ1) is 12.1. The zero-order chi connectivity index (χ0) is 10.1. The van der Waals surface area contributed by atoms with Crippen LogP contribution in [-0.4, -0.2) is 24.5 Å². The molecule has 0 atom stereocenters. The zero-order valence-electron chi connectivity index (χ0n) is 8.12. The molecule has 0 aliphatic carbocycles. The lowest BCUT2D eigenvalue weighted by atomic mass is 10.5. The maximum atomic E-state index is 5.41. The largest absolute Gasteiger partial charge is 0.477 e. The summed E-state index contributed by atoms with van der Waals surface area (Å²) in [6, 6.07) is 0. The van der Waals surface area contributed by atoms with Crippen molar-refractivity contribution in [2.75, 3.05) is 18.6 Å². The molecular formula is C9H16N2OS. The highest BCUT2D eigenvalue weighted by atomic mass is 32.2. The molecule has 2 N–H and O–H groups in total. The summed E-state index contributed by atoms with van der Waals surface area (Å²) in [6.45, 7) is 6.00. The lowest BCUT2D eigenvalue weighted by Crippen LogP contribution is -2.04. The first-order chi connectivity index (χ1) is 6.20. The van der Waals surface area contributed by atoms with Crippen LogP contribution in [0.2, 0.25) is 0 Å². The summed E-state index contributed by atoms with van der Waals surface area (Å²) in [5.41, 5.74) is 6.06. The van der Waals surface area contributed by atoms with Gasteiger partial charge in [0.25, 0.3) is 0 Å². The van der Waals surface area contributed by atoms with Crippen LogP contribution >= 0.6 is 11.8 Å². The molecule has 0 fully saturated rings. The number of ether oxygens (including phenoxy) is 1. The standard InChI is InChI=1S/C9H16N2OS/c1-4-9(11-7-8(2)10)12-5-6-13-3/h4,7H,1,5-6,10H2,2-3H3/b8-7-,11-9?. The first-order valence-corrected chi connectivity index (χ1v) is 5.34. The topological polar surface area (TPSA) is 47.6 Å². The minimum Gasteiger partial charge on any atom is -0.477 e. The number of nitrogens with two attached hydrogens (primary N) is 1. The van der Waals surface area contributed by atoms with Crippen molar-refractivity contribution in [3.63, 3.8) is 0 Å². The highest BCUT2D eigenvalue weighted by molar-refractivity contribution is 7.98. The molecule has 0 aromatic rings. The van der Waals surface area contributed by atoms with Crippen LogP contribution in [0, 0.1) is 0 Å². The molecular weight excluding hydrogens is 184 g/mol. The van der Waals surface area contributed by atoms with Crippen molar-refractivity contribution >= 4 is 17.7 Å². The summed E-state index contributed by atoms with van der Waals surface area (Å²) in [5.74, 6) is 1.46. The summed E-state index contributed by atoms with van der Waals surface area (Å²) in [7, 11) is 0. The summed E-state index contributed by atoms with van der Waals surface area (Å²) in [6.07, 6.45) is 5.15. The van der Waals surface area contributed by atoms with Crippen molar-refractivity contribution in [2.24, 2.45) is 10.7 Å². The molecule has 0 saturated heterocycles. The molecule has 0 aliphatic rings. The van der Waals surface area contributed by atoms with Gasteiger partial charge >= 0.3 is 0 Å². The molecule has 0 rings (SSSR count). The van der Waals surface area contributed by atoms with Crippen LogP contribution in [0.4, 0.5) is 0 Å². The Labute approximate surface area is 83.8 Å². The van der Waals surface area contributed by atoms with Gasteiger partial charge in [-0.1, -0.05) is 6.58 Å². The molecule has 4 heteroatoms. The maximum Gasteiger partial charge on any atom is 0.212 e. The zero-order valence-corrected chi connectivity index (χ0v) is 8.93. The highest BCUT2D eigenvalue weighted by Crippen LogP contribution is 1.94. The molecule has 0 heterocycles. The Morgan fingerprint density at radius 1 is 1.69 bits per heavy atom. The molecule has 0 aromatic heterocycles. The van der Waals surface area contributed by atoms with Crippen LogP contribution in [0.3, 0.4) is 0 Å². The van der Waals surface area contributed by atoms with E-state index >= 15 is 0 Å². The van der Waals surface area contributed by atoms with Gasteiger partial charge in [-0.3, -0.25) is 0 Å². The van der Waals surface area contributed by atoms with E-state index in [2.05, 4.69) is 11.6 Å². The van der Waals surface area contributed by atoms with Gasteiger partial charge in [0, 0.05) is 17.6 Å². The number of hydrogen-bond acceptors (Lipinski definition) is 4. The molecule has 0 spiro atoms. The van der Waals surface area contributed by atoms with E-state index in [4.69, 9.17) is 10.5 Å². The van der Waals surface area contributed by atoms with Crippen molar-refractivity contribution < 1.29 is 4.74 Å². The molecule has 0 aliphatic heterocycles. The Bertz CT molecular complexity index is 208. The number of rotatable bonds is 5. The number of hydrogen-bond donors (Lipinski definition) is 1. The molecule has 3 nitrogen and oxygen atoms in total. The molecule has 0 radical (unpaired) electrons. The van der Waals surface area contributed by atoms with Crippen molar-refractivity contribution in [3.05, 3.63) is 24.6 Å². The normalized spacial score (nSPS) is 12.8. The van der Waals surface area contributed by atoms with E-state index in [1.807, 2.05) is 6.26 Å². The molecule has 0 bridgehead atoms. The maximum absolute atomic E-state index is 5.41. The molecule has 0 unspecified atom stereocenters. The number of thioether (sulfide) groups is 1. The average molecular weight is 200 g/mol. The van der Waals surface area contributed by atoms with Gasteiger partial charge in [-0.2, -0.15) is 11.8 Å². The number of aliphatic imine (C=N–C) groups is 1. The van der Waals surface area contributed by atoms with E-state index in [-0.39, 0.29) is 0 Å². The van der Waals surface area contributed by atoms with Crippen molar-refractivity contribution in [1.29, 1.82) is 0 Å². The fraction of sp³-hybridized carbons (Fsp3) is 0.444. The van der Waals surface area contributed by atoms with Crippen LogP contribution in [0.25, 0.3) is 0 Å². The van der Waals surface area contributed by atoms with Crippen molar-refractivity contribution in [3.8, 4) is 0 Å². The predicted molar refractivity (Wildman–Crippen MR) is 59.9 cm³/mol. The molecule has 13 heavy (non-hydrogen) atoms. The second-order valence-corrected chi connectivity index (χ2v) is 3.37. The van der Waals surface area contributed by atoms with E-state index in [0.717, 1.165) is 5.75 Å². The Morgan fingerprint density at radius 2 is 2.38 bits per heavy atom. The molecule has 74 valence electrons. The van der Waals surface area contributed by atoms with Gasteiger partial charge in [0.05, 0.1) is 6.61 Å². The van der Waals surface area contributed by atoms with Crippen molar-refractivity contribution in [1.82, 2.24) is 0 Å². The monoisotopic (exact) mass is 200 g/mol.